The number of hydrogen-bond acceptors (Lipinski definition) is 1. The Labute approximate surface area is 84.4 Å². The Bertz CT molecular complexity index is 322. The Morgan fingerprint density at radius 3 is 2.50 bits per heavy atom. The molecule has 1 aromatic carbocycles. The van der Waals surface area contributed by atoms with Gasteiger partial charge in [-0.25, -0.2) is 0 Å². The summed E-state index contributed by atoms with van der Waals surface area (Å²) in [5.41, 5.74) is -0.377. The van der Waals surface area contributed by atoms with Gasteiger partial charge in [-0.1, -0.05) is 11.6 Å². The van der Waals surface area contributed by atoms with Gasteiger partial charge in [-0.05, 0) is 23.8 Å². The molecule has 1 aromatic rings. The number of benzene rings is 1. The Morgan fingerprint density at radius 1 is 1.36 bits per heavy atom. The fraction of sp³-hybridized carbons (Fsp3) is 0.333. The third-order valence-electron chi connectivity index (χ3n) is 1.67. The smallest absolute Gasteiger partial charge is 0.380 e. The lowest BCUT2D eigenvalue weighted by atomic mass is 10.1. The third kappa shape index (κ3) is 2.62. The molecule has 0 heterocycles. The van der Waals surface area contributed by atoms with Gasteiger partial charge in [0.15, 0.2) is 0 Å². The zero-order chi connectivity index (χ0) is 10.8. The summed E-state index contributed by atoms with van der Waals surface area (Å²) in [6.07, 6.45) is -4.34. The van der Waals surface area contributed by atoms with Gasteiger partial charge in [0.1, 0.15) is 0 Å². The molecule has 0 saturated carbocycles. The highest BCUT2D eigenvalue weighted by Crippen LogP contribution is 2.31. The molecule has 78 valence electrons. The molecule has 0 atom stereocenters. The summed E-state index contributed by atoms with van der Waals surface area (Å²) in [6, 6.07) is 3.16. The van der Waals surface area contributed by atoms with E-state index in [1.54, 1.807) is 0 Å². The van der Waals surface area contributed by atoms with Crippen LogP contribution in [0.25, 0.3) is 0 Å². The van der Waals surface area contributed by atoms with Gasteiger partial charge < -0.3 is 4.74 Å². The molecule has 0 saturated heterocycles. The monoisotopic (exact) mass is 224 g/mol. The summed E-state index contributed by atoms with van der Waals surface area (Å²) in [5, 5.41) is 0.278. The normalized spacial score (nSPS) is 11.8. The third-order valence-corrected chi connectivity index (χ3v) is 2.04. The van der Waals surface area contributed by atoms with Crippen molar-refractivity contribution in [3.05, 3.63) is 34.3 Å². The van der Waals surface area contributed by atoms with Crippen LogP contribution in [0.15, 0.2) is 18.2 Å². The van der Waals surface area contributed by atoms with Gasteiger partial charge in [0.05, 0.1) is 12.2 Å². The molecule has 0 amide bonds. The van der Waals surface area contributed by atoms with E-state index in [0.717, 1.165) is 12.1 Å². The molecular formula is C9H8ClF3O. The van der Waals surface area contributed by atoms with Crippen LogP contribution in [-0.4, -0.2) is 7.11 Å². The Hall–Kier alpha value is -0.740. The van der Waals surface area contributed by atoms with Crippen molar-refractivity contribution >= 4 is 11.6 Å². The second-order valence-electron chi connectivity index (χ2n) is 2.74. The van der Waals surface area contributed by atoms with Crippen molar-refractivity contribution in [2.45, 2.75) is 12.8 Å². The van der Waals surface area contributed by atoms with Crippen LogP contribution >= 0.6 is 11.6 Å². The first-order valence-corrected chi connectivity index (χ1v) is 4.17. The lowest BCUT2D eigenvalue weighted by Gasteiger charge is -2.09. The van der Waals surface area contributed by atoms with Crippen molar-refractivity contribution in [2.75, 3.05) is 7.11 Å². The van der Waals surface area contributed by atoms with E-state index < -0.39 is 11.7 Å². The molecule has 0 aliphatic carbocycles. The highest BCUT2D eigenvalue weighted by molar-refractivity contribution is 6.31. The maximum atomic E-state index is 12.3. The molecular weight excluding hydrogens is 217 g/mol. The highest BCUT2D eigenvalue weighted by Gasteiger charge is 2.30. The van der Waals surface area contributed by atoms with E-state index in [1.165, 1.54) is 13.2 Å². The number of methoxy groups -OCH3 is 1. The van der Waals surface area contributed by atoms with Gasteiger partial charge in [0, 0.05) is 12.1 Å². The summed E-state index contributed by atoms with van der Waals surface area (Å²) in [6.45, 7) is 0.0722. The highest BCUT2D eigenvalue weighted by atomic mass is 35.5. The van der Waals surface area contributed by atoms with Crippen molar-refractivity contribution in [2.24, 2.45) is 0 Å². The quantitative estimate of drug-likeness (QED) is 0.747. The first-order valence-electron chi connectivity index (χ1n) is 3.79. The average molecular weight is 225 g/mol. The van der Waals surface area contributed by atoms with Gasteiger partial charge >= 0.3 is 6.18 Å². The molecule has 14 heavy (non-hydrogen) atoms. The zero-order valence-corrected chi connectivity index (χ0v) is 8.12. The van der Waals surface area contributed by atoms with E-state index in [1.807, 2.05) is 0 Å². The van der Waals surface area contributed by atoms with Gasteiger partial charge in [0.25, 0.3) is 0 Å². The molecule has 1 nitrogen and oxygen atoms in total. The predicted molar refractivity (Wildman–Crippen MR) is 47.2 cm³/mol. The van der Waals surface area contributed by atoms with E-state index in [0.29, 0.717) is 5.56 Å². The Kier molecular flexibility index (Phi) is 3.39. The maximum absolute atomic E-state index is 12.3. The summed E-state index contributed by atoms with van der Waals surface area (Å²) in [7, 11) is 1.40. The van der Waals surface area contributed by atoms with Gasteiger partial charge in [-0.15, -0.1) is 0 Å². The summed E-state index contributed by atoms with van der Waals surface area (Å²) in [4.78, 5) is 0. The molecule has 0 aromatic heterocycles. The minimum Gasteiger partial charge on any atom is -0.380 e. The lowest BCUT2D eigenvalue weighted by molar-refractivity contribution is -0.137. The molecule has 1 rings (SSSR count). The van der Waals surface area contributed by atoms with E-state index in [4.69, 9.17) is 16.3 Å². The first kappa shape index (κ1) is 11.3. The number of rotatable bonds is 2. The van der Waals surface area contributed by atoms with Crippen molar-refractivity contribution in [3.8, 4) is 0 Å². The standard InChI is InChI=1S/C9H8ClF3O/c1-14-5-6-4-7(9(11,12)13)2-3-8(6)10/h2-4H,5H2,1H3. The number of halogens is 4. The fourth-order valence-electron chi connectivity index (χ4n) is 1.02. The van der Waals surface area contributed by atoms with Crippen LogP contribution in [-0.2, 0) is 17.5 Å². The second-order valence-corrected chi connectivity index (χ2v) is 3.14. The molecule has 0 spiro atoms. The van der Waals surface area contributed by atoms with Crippen molar-refractivity contribution in [1.29, 1.82) is 0 Å². The predicted octanol–water partition coefficient (Wildman–Crippen LogP) is 3.51. The first-order chi connectivity index (χ1) is 6.45. The maximum Gasteiger partial charge on any atom is 0.416 e. The van der Waals surface area contributed by atoms with Crippen LogP contribution in [0, 0.1) is 0 Å². The van der Waals surface area contributed by atoms with E-state index in [-0.39, 0.29) is 11.6 Å². The van der Waals surface area contributed by atoms with Crippen LogP contribution < -0.4 is 0 Å². The van der Waals surface area contributed by atoms with Crippen molar-refractivity contribution < 1.29 is 17.9 Å². The Balaban J connectivity index is 3.06. The molecule has 0 bridgehead atoms. The van der Waals surface area contributed by atoms with Crippen LogP contribution in [0.2, 0.25) is 5.02 Å². The molecule has 0 unspecified atom stereocenters. The fourth-order valence-corrected chi connectivity index (χ4v) is 1.19. The topological polar surface area (TPSA) is 9.23 Å². The van der Waals surface area contributed by atoms with Crippen LogP contribution in [0.5, 0.6) is 0 Å². The number of hydrogen-bond donors (Lipinski definition) is 0. The molecule has 0 aliphatic rings. The minimum absolute atomic E-state index is 0.0722. The van der Waals surface area contributed by atoms with Crippen LogP contribution in [0.3, 0.4) is 0 Å². The van der Waals surface area contributed by atoms with E-state index in [9.17, 15) is 13.2 Å². The number of ether oxygens (including phenoxy) is 1. The minimum atomic E-state index is -4.34. The summed E-state index contributed by atoms with van der Waals surface area (Å²) < 4.78 is 41.5. The Morgan fingerprint density at radius 2 is 2.00 bits per heavy atom. The zero-order valence-electron chi connectivity index (χ0n) is 7.36. The van der Waals surface area contributed by atoms with E-state index >= 15 is 0 Å². The van der Waals surface area contributed by atoms with Crippen molar-refractivity contribution in [1.82, 2.24) is 0 Å². The van der Waals surface area contributed by atoms with E-state index in [2.05, 4.69) is 0 Å². The van der Waals surface area contributed by atoms with Crippen LogP contribution in [0.4, 0.5) is 13.2 Å². The molecule has 0 N–H and O–H groups in total. The molecule has 5 heteroatoms. The van der Waals surface area contributed by atoms with Gasteiger partial charge in [-0.3, -0.25) is 0 Å². The SMILES string of the molecule is COCc1cc(C(F)(F)F)ccc1Cl. The molecule has 0 fully saturated rings. The van der Waals surface area contributed by atoms with Gasteiger partial charge in [-0.2, -0.15) is 13.2 Å². The molecule has 0 radical (unpaired) electrons. The number of alkyl halides is 3. The van der Waals surface area contributed by atoms with Crippen molar-refractivity contribution in [3.63, 3.8) is 0 Å². The second kappa shape index (κ2) is 4.19. The van der Waals surface area contributed by atoms with Crippen LogP contribution in [0.1, 0.15) is 11.1 Å². The molecule has 0 aliphatic heterocycles. The largest absolute Gasteiger partial charge is 0.416 e. The average Bonchev–Trinajstić information content (AvgIpc) is 2.07. The lowest BCUT2D eigenvalue weighted by Crippen LogP contribution is -2.05. The van der Waals surface area contributed by atoms with Gasteiger partial charge in [0.2, 0.25) is 0 Å². The summed E-state index contributed by atoms with van der Waals surface area (Å²) in [5.74, 6) is 0. The summed E-state index contributed by atoms with van der Waals surface area (Å²) >= 11 is 5.68.